The topological polar surface area (TPSA) is 23.5 Å². The highest BCUT2D eigenvalue weighted by Gasteiger charge is 2.40. The molecule has 3 aliphatic heterocycles. The summed E-state index contributed by atoms with van der Waals surface area (Å²) in [4.78, 5) is 2.39. The van der Waals surface area contributed by atoms with E-state index in [2.05, 4.69) is 35.2 Å². The summed E-state index contributed by atoms with van der Waals surface area (Å²) in [6, 6.07) is 10.6. The van der Waals surface area contributed by atoms with Gasteiger partial charge in [-0.2, -0.15) is 0 Å². The number of piperidine rings is 3. The van der Waals surface area contributed by atoms with Crippen LogP contribution in [0.1, 0.15) is 17.9 Å². The van der Waals surface area contributed by atoms with Crippen molar-refractivity contribution in [3.8, 4) is 0 Å². The molecule has 3 saturated heterocycles. The van der Waals surface area contributed by atoms with Gasteiger partial charge in [0, 0.05) is 19.0 Å². The lowest BCUT2D eigenvalue weighted by Gasteiger charge is -2.48. The van der Waals surface area contributed by atoms with Gasteiger partial charge in [0.25, 0.3) is 0 Å². The fourth-order valence-electron chi connectivity index (χ4n) is 3.12. The molecular formula is C13H17NO. The molecule has 1 N–H and O–H groups in total. The number of benzene rings is 1. The van der Waals surface area contributed by atoms with Crippen LogP contribution in [-0.4, -0.2) is 35.7 Å². The molecule has 3 fully saturated rings. The molecule has 3 heterocycles. The molecule has 1 unspecified atom stereocenters. The van der Waals surface area contributed by atoms with Crippen molar-refractivity contribution in [3.63, 3.8) is 0 Å². The third-order valence-corrected chi connectivity index (χ3v) is 3.92. The normalized spacial score (nSPS) is 39.3. The number of nitrogens with zero attached hydrogens (tertiary/aromatic N) is 1. The van der Waals surface area contributed by atoms with E-state index < -0.39 is 0 Å². The zero-order valence-corrected chi connectivity index (χ0v) is 8.84. The summed E-state index contributed by atoms with van der Waals surface area (Å²) in [5, 5.41) is 9.99. The van der Waals surface area contributed by atoms with Crippen molar-refractivity contribution in [2.24, 2.45) is 5.92 Å². The van der Waals surface area contributed by atoms with Crippen molar-refractivity contribution in [1.29, 1.82) is 0 Å². The van der Waals surface area contributed by atoms with Gasteiger partial charge in [-0.15, -0.1) is 0 Å². The van der Waals surface area contributed by atoms with Gasteiger partial charge < -0.3 is 10.0 Å². The molecule has 1 aromatic carbocycles. The Bertz CT molecular complexity index is 338. The van der Waals surface area contributed by atoms with Gasteiger partial charge in [-0.1, -0.05) is 30.3 Å². The van der Waals surface area contributed by atoms with Crippen LogP contribution in [0.5, 0.6) is 0 Å². The third-order valence-electron chi connectivity index (χ3n) is 3.92. The summed E-state index contributed by atoms with van der Waals surface area (Å²) in [6.07, 6.45) is 1.04. The second-order valence-corrected chi connectivity index (χ2v) is 4.80. The van der Waals surface area contributed by atoms with Crippen LogP contribution >= 0.6 is 0 Å². The van der Waals surface area contributed by atoms with Gasteiger partial charge in [-0.25, -0.2) is 0 Å². The lowest BCUT2D eigenvalue weighted by atomic mass is 9.74. The molecule has 80 valence electrons. The Morgan fingerprint density at radius 1 is 1.13 bits per heavy atom. The summed E-state index contributed by atoms with van der Waals surface area (Å²) < 4.78 is 0. The molecule has 0 aliphatic carbocycles. The van der Waals surface area contributed by atoms with Crippen LogP contribution in [0.25, 0.3) is 0 Å². The second kappa shape index (κ2) is 3.62. The maximum Gasteiger partial charge on any atom is 0.0702 e. The van der Waals surface area contributed by atoms with Gasteiger partial charge in [-0.05, 0) is 24.4 Å². The van der Waals surface area contributed by atoms with Crippen molar-refractivity contribution in [2.45, 2.75) is 18.4 Å². The van der Waals surface area contributed by atoms with Crippen LogP contribution in [-0.2, 0) is 0 Å². The number of aliphatic hydroxyl groups is 1. The van der Waals surface area contributed by atoms with Gasteiger partial charge in [-0.3, -0.25) is 0 Å². The van der Waals surface area contributed by atoms with Crippen LogP contribution in [0, 0.1) is 5.92 Å². The largest absolute Gasteiger partial charge is 0.391 e. The molecule has 1 aromatic rings. The lowest BCUT2D eigenvalue weighted by Crippen LogP contribution is -2.54. The Balaban J connectivity index is 1.88. The molecular weight excluding hydrogens is 186 g/mol. The van der Waals surface area contributed by atoms with E-state index >= 15 is 0 Å². The van der Waals surface area contributed by atoms with Gasteiger partial charge in [0.15, 0.2) is 0 Å². The van der Waals surface area contributed by atoms with Crippen molar-refractivity contribution < 1.29 is 5.11 Å². The molecule has 2 nitrogen and oxygen atoms in total. The number of fused-ring (bicyclic) bond motifs is 3. The Kier molecular flexibility index (Phi) is 2.26. The summed E-state index contributed by atoms with van der Waals surface area (Å²) >= 11 is 0. The van der Waals surface area contributed by atoms with E-state index in [1.54, 1.807) is 0 Å². The number of hydrogen-bond donors (Lipinski definition) is 1. The summed E-state index contributed by atoms with van der Waals surface area (Å²) in [5.74, 6) is 1.03. The number of rotatable bonds is 1. The van der Waals surface area contributed by atoms with E-state index in [0.717, 1.165) is 19.5 Å². The predicted molar refractivity (Wildman–Crippen MR) is 59.7 cm³/mol. The molecule has 0 aromatic heterocycles. The average Bonchev–Trinajstić information content (AvgIpc) is 2.30. The van der Waals surface area contributed by atoms with Crippen LogP contribution in [0.2, 0.25) is 0 Å². The van der Waals surface area contributed by atoms with Crippen molar-refractivity contribution in [2.75, 3.05) is 19.6 Å². The van der Waals surface area contributed by atoms with Crippen molar-refractivity contribution in [1.82, 2.24) is 4.90 Å². The minimum Gasteiger partial charge on any atom is -0.391 e. The highest BCUT2D eigenvalue weighted by Crippen LogP contribution is 2.38. The van der Waals surface area contributed by atoms with E-state index in [4.69, 9.17) is 0 Å². The SMILES string of the molecule is O[C@@H]1CN2CC[C@H]1[C@@H](c1ccccc1)C2. The molecule has 0 spiro atoms. The molecule has 15 heavy (non-hydrogen) atoms. The fraction of sp³-hybridized carbons (Fsp3) is 0.538. The Hall–Kier alpha value is -0.860. The highest BCUT2D eigenvalue weighted by molar-refractivity contribution is 5.23. The molecule has 0 amide bonds. The Morgan fingerprint density at radius 3 is 2.60 bits per heavy atom. The first-order chi connectivity index (χ1) is 7.34. The first-order valence-corrected chi connectivity index (χ1v) is 5.80. The van der Waals surface area contributed by atoms with Gasteiger partial charge >= 0.3 is 0 Å². The van der Waals surface area contributed by atoms with Crippen LogP contribution in [0.4, 0.5) is 0 Å². The highest BCUT2D eigenvalue weighted by atomic mass is 16.3. The quantitative estimate of drug-likeness (QED) is 0.747. The third kappa shape index (κ3) is 1.58. The van der Waals surface area contributed by atoms with Crippen LogP contribution < -0.4 is 0 Å². The van der Waals surface area contributed by atoms with Crippen molar-refractivity contribution >= 4 is 0 Å². The average molecular weight is 203 g/mol. The number of aliphatic hydroxyl groups excluding tert-OH is 1. The minimum atomic E-state index is -0.113. The van der Waals surface area contributed by atoms with E-state index in [0.29, 0.717) is 11.8 Å². The van der Waals surface area contributed by atoms with Gasteiger partial charge in [0.2, 0.25) is 0 Å². The second-order valence-electron chi connectivity index (χ2n) is 4.80. The summed E-state index contributed by atoms with van der Waals surface area (Å²) in [7, 11) is 0. The van der Waals surface area contributed by atoms with E-state index in [9.17, 15) is 5.11 Å². The molecule has 2 heteroatoms. The maximum atomic E-state index is 9.99. The van der Waals surface area contributed by atoms with Crippen LogP contribution in [0.3, 0.4) is 0 Å². The van der Waals surface area contributed by atoms with Gasteiger partial charge in [0.05, 0.1) is 6.10 Å². The monoisotopic (exact) mass is 203 g/mol. The molecule has 3 aliphatic rings. The lowest BCUT2D eigenvalue weighted by molar-refractivity contribution is -0.0373. The molecule has 0 saturated carbocycles. The van der Waals surface area contributed by atoms with Crippen LogP contribution in [0.15, 0.2) is 30.3 Å². The van der Waals surface area contributed by atoms with E-state index in [1.807, 2.05) is 0 Å². The first-order valence-electron chi connectivity index (χ1n) is 5.80. The van der Waals surface area contributed by atoms with E-state index in [-0.39, 0.29) is 6.10 Å². The molecule has 4 rings (SSSR count). The summed E-state index contributed by atoms with van der Waals surface area (Å²) in [5.41, 5.74) is 1.39. The standard InChI is InChI=1S/C13H17NO/c15-13-9-14-7-6-11(13)12(8-14)10-4-2-1-3-5-10/h1-5,11-13,15H,6-9H2/t11-,12+,13+/m0/s1. The zero-order chi connectivity index (χ0) is 10.3. The fourth-order valence-corrected chi connectivity index (χ4v) is 3.12. The molecule has 2 bridgehead atoms. The van der Waals surface area contributed by atoms with Gasteiger partial charge in [0.1, 0.15) is 0 Å². The van der Waals surface area contributed by atoms with Crippen molar-refractivity contribution in [3.05, 3.63) is 35.9 Å². The molecule has 4 atom stereocenters. The minimum absolute atomic E-state index is 0.113. The predicted octanol–water partition coefficient (Wildman–Crippen LogP) is 1.47. The molecule has 0 radical (unpaired) electrons. The first kappa shape index (κ1) is 9.37. The Morgan fingerprint density at radius 2 is 1.93 bits per heavy atom. The maximum absolute atomic E-state index is 9.99. The summed E-state index contributed by atoms with van der Waals surface area (Å²) in [6.45, 7) is 3.19. The smallest absolute Gasteiger partial charge is 0.0702 e. The van der Waals surface area contributed by atoms with E-state index in [1.165, 1.54) is 12.1 Å². The zero-order valence-electron chi connectivity index (χ0n) is 8.84. The number of hydrogen-bond acceptors (Lipinski definition) is 2. The Labute approximate surface area is 90.5 Å².